The fraction of sp³-hybridized carbons (Fsp3) is 0.0820. The molecule has 0 radical (unpaired) electrons. The lowest BCUT2D eigenvalue weighted by Crippen LogP contribution is -2.18. The smallest absolute Gasteiger partial charge is 0.155 e. The van der Waals surface area contributed by atoms with Crippen LogP contribution in [0.1, 0.15) is 42.5 Å². The van der Waals surface area contributed by atoms with E-state index in [1.54, 1.807) is 0 Å². The largest absolute Gasteiger partial charge is 0.456 e. The second-order valence-corrected chi connectivity index (χ2v) is 19.1. The van der Waals surface area contributed by atoms with E-state index in [1.165, 1.54) is 85.5 Å². The van der Waals surface area contributed by atoms with Gasteiger partial charge in [0.25, 0.3) is 0 Å². The maximum absolute atomic E-state index is 6.47. The third-order valence-electron chi connectivity index (χ3n) is 14.2. The summed E-state index contributed by atoms with van der Waals surface area (Å²) in [5, 5.41) is 14.7. The number of amidine groups is 1. The van der Waals surface area contributed by atoms with Crippen LogP contribution in [0.2, 0.25) is 0 Å². The van der Waals surface area contributed by atoms with Crippen molar-refractivity contribution in [2.24, 2.45) is 15.9 Å². The maximum atomic E-state index is 6.47. The summed E-state index contributed by atoms with van der Waals surface area (Å²) in [6, 6.07) is 70.8. The summed E-state index contributed by atoms with van der Waals surface area (Å²) >= 11 is 1.91. The Morgan fingerprint density at radius 1 is 0.500 bits per heavy atom. The van der Waals surface area contributed by atoms with Gasteiger partial charge in [0, 0.05) is 48.0 Å². The summed E-state index contributed by atoms with van der Waals surface area (Å²) in [7, 11) is 0. The minimum atomic E-state index is -0.0503. The van der Waals surface area contributed by atoms with Crippen molar-refractivity contribution in [2.75, 3.05) is 0 Å². The highest BCUT2D eigenvalue weighted by Crippen LogP contribution is 2.46. The minimum Gasteiger partial charge on any atom is -0.456 e. The summed E-state index contributed by atoms with van der Waals surface area (Å²) in [4.78, 5) is 11.4. The SMILES string of the molecule is CC1CCC(c2cc(-n3c4cc5ccccc5cc4c4ccc5ccccc5c43)c3sc4c5ccccc5ccc4c3c2)=NC(c2ccc3c(c2)oc2ccccc23)=NC1c1ccccc1. The molecule has 2 unspecified atom stereocenters. The van der Waals surface area contributed by atoms with Gasteiger partial charge in [-0.25, -0.2) is 4.99 Å². The first-order valence-corrected chi connectivity index (χ1v) is 23.8. The van der Waals surface area contributed by atoms with Gasteiger partial charge in [0.1, 0.15) is 11.2 Å². The van der Waals surface area contributed by atoms with Crippen LogP contribution in [0.3, 0.4) is 0 Å². The fourth-order valence-electron chi connectivity index (χ4n) is 10.9. The molecule has 1 aliphatic heterocycles. The van der Waals surface area contributed by atoms with Crippen LogP contribution in [0.25, 0.3) is 102 Å². The van der Waals surface area contributed by atoms with E-state index in [2.05, 4.69) is 193 Å². The Balaban J connectivity index is 1.08. The molecule has 14 rings (SSSR count). The summed E-state index contributed by atoms with van der Waals surface area (Å²) in [6.07, 6.45) is 1.74. The summed E-state index contributed by atoms with van der Waals surface area (Å²) in [5.74, 6) is 0.987. The number of benzene rings is 10. The summed E-state index contributed by atoms with van der Waals surface area (Å²) < 4.78 is 11.6. The van der Waals surface area contributed by atoms with E-state index in [0.29, 0.717) is 0 Å². The van der Waals surface area contributed by atoms with E-state index in [9.17, 15) is 0 Å². The Kier molecular flexibility index (Phi) is 8.29. The van der Waals surface area contributed by atoms with Gasteiger partial charge in [-0.3, -0.25) is 4.99 Å². The number of para-hydroxylation sites is 1. The zero-order chi connectivity index (χ0) is 43.5. The molecule has 1 aliphatic rings. The number of aliphatic imine (C=N–C) groups is 2. The molecule has 0 saturated heterocycles. The third kappa shape index (κ3) is 5.76. The van der Waals surface area contributed by atoms with Gasteiger partial charge < -0.3 is 8.98 Å². The number of hydrogen-bond acceptors (Lipinski definition) is 4. The Hall–Kier alpha value is -7.86. The molecule has 0 bridgehead atoms. The van der Waals surface area contributed by atoms with Gasteiger partial charge in [0.2, 0.25) is 0 Å². The van der Waals surface area contributed by atoms with Crippen molar-refractivity contribution in [2.45, 2.75) is 25.8 Å². The van der Waals surface area contributed by atoms with Crippen LogP contribution in [0.4, 0.5) is 0 Å². The van der Waals surface area contributed by atoms with Gasteiger partial charge in [-0.1, -0.05) is 159 Å². The standard InChI is InChI=1S/C61H41N3OS/c1-36-23-30-52(62-61(63-57(36)39-15-3-2-4-16-39)42-26-27-47-46-21-11-12-22-55(46)65-56(47)35-42)43-32-51-49-29-25-38-14-8-10-20-45(38)59(49)66-60(51)54(34-43)64-53-33-41-18-6-5-17-40(41)31-50(53)48-28-24-37-13-7-9-19-44(37)58(48)64/h2-22,24-29,31-36,57H,23,30H2,1H3. The average molecular weight is 864 g/mol. The van der Waals surface area contributed by atoms with Crippen LogP contribution in [-0.4, -0.2) is 16.1 Å². The van der Waals surface area contributed by atoms with Gasteiger partial charge in [-0.2, -0.15) is 0 Å². The number of fused-ring (bicyclic) bond motifs is 14. The lowest BCUT2D eigenvalue weighted by atomic mass is 9.88. The Morgan fingerprint density at radius 3 is 2.00 bits per heavy atom. The van der Waals surface area contributed by atoms with E-state index >= 15 is 0 Å². The quantitative estimate of drug-likeness (QED) is 0.174. The van der Waals surface area contributed by atoms with Crippen LogP contribution in [0.15, 0.2) is 209 Å². The molecule has 0 saturated carbocycles. The third-order valence-corrected chi connectivity index (χ3v) is 15.5. The predicted molar refractivity (Wildman–Crippen MR) is 281 cm³/mol. The molecule has 312 valence electrons. The first-order valence-electron chi connectivity index (χ1n) is 23.0. The van der Waals surface area contributed by atoms with E-state index in [1.807, 2.05) is 23.5 Å². The highest BCUT2D eigenvalue weighted by atomic mass is 32.1. The Morgan fingerprint density at radius 2 is 1.17 bits per heavy atom. The maximum Gasteiger partial charge on any atom is 0.155 e. The molecular formula is C61H41N3OS. The number of hydrogen-bond donors (Lipinski definition) is 0. The van der Waals surface area contributed by atoms with Crippen LogP contribution in [0, 0.1) is 5.92 Å². The van der Waals surface area contributed by atoms with Gasteiger partial charge in [0.05, 0.1) is 33.2 Å². The molecule has 10 aromatic carbocycles. The molecular weight excluding hydrogens is 823 g/mol. The van der Waals surface area contributed by atoms with Crippen molar-refractivity contribution in [1.29, 1.82) is 0 Å². The molecule has 0 spiro atoms. The van der Waals surface area contributed by atoms with Crippen molar-refractivity contribution in [1.82, 2.24) is 4.57 Å². The van der Waals surface area contributed by atoms with E-state index in [4.69, 9.17) is 14.4 Å². The molecule has 3 aromatic heterocycles. The zero-order valence-corrected chi connectivity index (χ0v) is 37.0. The van der Waals surface area contributed by atoms with Gasteiger partial charge >= 0.3 is 0 Å². The van der Waals surface area contributed by atoms with E-state index in [0.717, 1.165) is 57.5 Å². The molecule has 13 aromatic rings. The molecule has 4 nitrogen and oxygen atoms in total. The molecule has 5 heteroatoms. The number of furan rings is 1. The van der Waals surface area contributed by atoms with Crippen LogP contribution in [0.5, 0.6) is 0 Å². The number of nitrogens with zero attached hydrogens (tertiary/aromatic N) is 3. The molecule has 0 fully saturated rings. The first kappa shape index (κ1) is 37.5. The molecule has 2 atom stereocenters. The highest BCUT2D eigenvalue weighted by molar-refractivity contribution is 7.27. The second kappa shape index (κ2) is 14.6. The number of thiophene rings is 1. The van der Waals surface area contributed by atoms with Gasteiger partial charge in [0.15, 0.2) is 5.84 Å². The van der Waals surface area contributed by atoms with Crippen molar-refractivity contribution < 1.29 is 4.42 Å². The van der Waals surface area contributed by atoms with E-state index < -0.39 is 0 Å². The molecule has 0 N–H and O–H groups in total. The van der Waals surface area contributed by atoms with Crippen molar-refractivity contribution in [3.63, 3.8) is 0 Å². The van der Waals surface area contributed by atoms with Crippen LogP contribution < -0.4 is 0 Å². The van der Waals surface area contributed by atoms with Gasteiger partial charge in [-0.05, 0) is 99.3 Å². The Labute approximate surface area is 384 Å². The normalized spacial score (nSPS) is 16.0. The molecule has 4 heterocycles. The first-order chi connectivity index (χ1) is 32.6. The average Bonchev–Trinajstić information content (AvgIpc) is 4.04. The molecule has 0 aliphatic carbocycles. The molecule has 0 amide bonds. The number of aromatic nitrogens is 1. The van der Waals surface area contributed by atoms with Crippen molar-refractivity contribution >= 4 is 119 Å². The van der Waals surface area contributed by atoms with Gasteiger partial charge in [-0.15, -0.1) is 11.3 Å². The van der Waals surface area contributed by atoms with Crippen molar-refractivity contribution in [3.8, 4) is 5.69 Å². The second-order valence-electron chi connectivity index (χ2n) is 18.1. The fourth-order valence-corrected chi connectivity index (χ4v) is 12.2. The number of rotatable bonds is 4. The van der Waals surface area contributed by atoms with Crippen LogP contribution >= 0.6 is 11.3 Å². The Bertz CT molecular complexity index is 4210. The molecule has 66 heavy (non-hydrogen) atoms. The predicted octanol–water partition coefficient (Wildman–Crippen LogP) is 16.9. The van der Waals surface area contributed by atoms with Crippen molar-refractivity contribution in [3.05, 3.63) is 211 Å². The summed E-state index contributed by atoms with van der Waals surface area (Å²) in [5.41, 5.74) is 9.61. The minimum absolute atomic E-state index is 0.0503. The lowest BCUT2D eigenvalue weighted by molar-refractivity contribution is 0.446. The topological polar surface area (TPSA) is 42.8 Å². The zero-order valence-electron chi connectivity index (χ0n) is 36.2. The highest BCUT2D eigenvalue weighted by Gasteiger charge is 2.26. The summed E-state index contributed by atoms with van der Waals surface area (Å²) in [6.45, 7) is 2.35. The van der Waals surface area contributed by atoms with Crippen LogP contribution in [-0.2, 0) is 0 Å². The monoisotopic (exact) mass is 863 g/mol. The lowest BCUT2D eigenvalue weighted by Gasteiger charge is -2.25. The van der Waals surface area contributed by atoms with E-state index in [-0.39, 0.29) is 12.0 Å².